The quantitative estimate of drug-likeness (QED) is 0.581. The van der Waals surface area contributed by atoms with Gasteiger partial charge >= 0.3 is 5.97 Å². The van der Waals surface area contributed by atoms with Crippen LogP contribution in [0.2, 0.25) is 0 Å². The molecule has 2 rings (SSSR count). The van der Waals surface area contributed by atoms with Gasteiger partial charge in [0.15, 0.2) is 0 Å². The number of amides is 1. The number of hydrogen-bond donors (Lipinski definition) is 4. The number of nitrogens with two attached hydrogens (primary N) is 1. The van der Waals surface area contributed by atoms with Crippen LogP contribution in [0.5, 0.6) is 0 Å². The first-order valence-electron chi connectivity index (χ1n) is 6.98. The van der Waals surface area contributed by atoms with Crippen molar-refractivity contribution >= 4 is 23.8 Å². The van der Waals surface area contributed by atoms with Crippen LogP contribution in [0.3, 0.4) is 0 Å². The number of carboxylic acid groups (broad SMARTS) is 1. The highest BCUT2D eigenvalue weighted by atomic mass is 16.4. The molecule has 21 heavy (non-hydrogen) atoms. The van der Waals surface area contributed by atoms with Crippen molar-refractivity contribution in [1.29, 1.82) is 0 Å². The molecule has 1 saturated heterocycles. The number of aliphatic carboxylic acids is 1. The first kappa shape index (κ1) is 15.1. The topological polar surface area (TPSA) is 137 Å². The number of piperidine rings is 1. The Bertz CT molecular complexity index is 495. The molecule has 0 bridgehead atoms. The van der Waals surface area contributed by atoms with Crippen LogP contribution in [0.15, 0.2) is 0 Å². The van der Waals surface area contributed by atoms with Gasteiger partial charge in [0.25, 0.3) is 0 Å². The number of hydrogen-bond acceptors (Lipinski definition) is 6. The predicted molar refractivity (Wildman–Crippen MR) is 75.5 cm³/mol. The van der Waals surface area contributed by atoms with E-state index in [2.05, 4.69) is 20.5 Å². The van der Waals surface area contributed by atoms with Gasteiger partial charge in [-0.3, -0.25) is 9.59 Å². The highest BCUT2D eigenvalue weighted by molar-refractivity contribution is 5.77. The van der Waals surface area contributed by atoms with Gasteiger partial charge in [-0.25, -0.2) is 5.10 Å². The fourth-order valence-electron chi connectivity index (χ4n) is 2.34. The standard InChI is InChI=1S/C12H20N6O3/c13-11-15-12(17-16-11)14-8-4-6-18(7-5-8)9(19)2-1-3-10(20)21/h8H,1-7H2,(H,20,21)(H4,13,14,15,16,17). The maximum atomic E-state index is 11.9. The van der Waals surface area contributed by atoms with Crippen LogP contribution in [-0.4, -0.2) is 56.2 Å². The lowest BCUT2D eigenvalue weighted by molar-refractivity contribution is -0.137. The predicted octanol–water partition coefficient (Wildman–Crippen LogP) is 0.0447. The van der Waals surface area contributed by atoms with Gasteiger partial charge < -0.3 is 21.1 Å². The highest BCUT2D eigenvalue weighted by Crippen LogP contribution is 2.15. The number of likely N-dealkylation sites (tertiary alicyclic amines) is 1. The minimum Gasteiger partial charge on any atom is -0.481 e. The SMILES string of the molecule is Nc1nc(NC2CCN(C(=O)CCCC(=O)O)CC2)n[nH]1. The zero-order chi connectivity index (χ0) is 15.2. The van der Waals surface area contributed by atoms with Crippen molar-refractivity contribution in [2.24, 2.45) is 0 Å². The van der Waals surface area contributed by atoms with Crippen molar-refractivity contribution in [3.8, 4) is 0 Å². The summed E-state index contributed by atoms with van der Waals surface area (Å²) in [6.07, 6.45) is 2.33. The van der Waals surface area contributed by atoms with Crippen LogP contribution in [0.25, 0.3) is 0 Å². The molecule has 0 spiro atoms. The van der Waals surface area contributed by atoms with Crippen molar-refractivity contribution in [1.82, 2.24) is 20.1 Å². The monoisotopic (exact) mass is 296 g/mol. The van der Waals surface area contributed by atoms with E-state index in [1.54, 1.807) is 4.90 Å². The molecular formula is C12H20N6O3. The van der Waals surface area contributed by atoms with Crippen LogP contribution in [0.4, 0.5) is 11.9 Å². The molecule has 2 heterocycles. The van der Waals surface area contributed by atoms with Gasteiger partial charge in [-0.2, -0.15) is 4.98 Å². The van der Waals surface area contributed by atoms with E-state index >= 15 is 0 Å². The summed E-state index contributed by atoms with van der Waals surface area (Å²) in [7, 11) is 0. The number of anilines is 2. The Balaban J connectivity index is 1.70. The summed E-state index contributed by atoms with van der Waals surface area (Å²) < 4.78 is 0. The highest BCUT2D eigenvalue weighted by Gasteiger charge is 2.23. The summed E-state index contributed by atoms with van der Waals surface area (Å²) >= 11 is 0. The van der Waals surface area contributed by atoms with Gasteiger partial charge in [-0.05, 0) is 19.3 Å². The van der Waals surface area contributed by atoms with E-state index in [1.165, 1.54) is 0 Å². The van der Waals surface area contributed by atoms with Crippen LogP contribution in [0, 0.1) is 0 Å². The van der Waals surface area contributed by atoms with Crippen LogP contribution < -0.4 is 11.1 Å². The van der Waals surface area contributed by atoms with E-state index < -0.39 is 5.97 Å². The fraction of sp³-hybridized carbons (Fsp3) is 0.667. The molecule has 1 aromatic heterocycles. The number of nitrogens with one attached hydrogen (secondary N) is 2. The van der Waals surface area contributed by atoms with Crippen molar-refractivity contribution in [2.75, 3.05) is 24.1 Å². The van der Waals surface area contributed by atoms with Gasteiger partial charge in [-0.1, -0.05) is 0 Å². The number of carbonyl (C=O) groups excluding carboxylic acids is 1. The average molecular weight is 296 g/mol. The zero-order valence-corrected chi connectivity index (χ0v) is 11.7. The third kappa shape index (κ3) is 4.62. The van der Waals surface area contributed by atoms with E-state index in [4.69, 9.17) is 10.8 Å². The number of nitrogens with zero attached hydrogens (tertiary/aromatic N) is 3. The summed E-state index contributed by atoms with van der Waals surface area (Å²) in [5.74, 6) is -0.101. The molecule has 0 aromatic carbocycles. The number of carbonyl (C=O) groups is 2. The second-order valence-electron chi connectivity index (χ2n) is 5.09. The lowest BCUT2D eigenvalue weighted by atomic mass is 10.0. The summed E-state index contributed by atoms with van der Waals surface area (Å²) in [6, 6.07) is 0.211. The molecule has 0 atom stereocenters. The number of carboxylic acids is 1. The third-order valence-electron chi connectivity index (χ3n) is 3.46. The van der Waals surface area contributed by atoms with Gasteiger partial charge in [-0.15, -0.1) is 5.10 Å². The van der Waals surface area contributed by atoms with Crippen LogP contribution in [0.1, 0.15) is 32.1 Å². The molecule has 5 N–H and O–H groups in total. The molecule has 1 amide bonds. The molecule has 0 unspecified atom stereocenters. The Hall–Kier alpha value is -2.32. The molecule has 1 aromatic rings. The largest absolute Gasteiger partial charge is 0.481 e. The van der Waals surface area contributed by atoms with Crippen molar-refractivity contribution < 1.29 is 14.7 Å². The normalized spacial score (nSPS) is 15.9. The Morgan fingerprint density at radius 3 is 2.67 bits per heavy atom. The molecular weight excluding hydrogens is 276 g/mol. The molecule has 116 valence electrons. The summed E-state index contributed by atoms with van der Waals surface area (Å²) in [5, 5.41) is 18.2. The molecule has 9 heteroatoms. The van der Waals surface area contributed by atoms with Gasteiger partial charge in [0.05, 0.1) is 0 Å². The second-order valence-corrected chi connectivity index (χ2v) is 5.09. The lowest BCUT2D eigenvalue weighted by Gasteiger charge is -2.32. The van der Waals surface area contributed by atoms with Gasteiger partial charge in [0, 0.05) is 32.0 Å². The number of H-pyrrole nitrogens is 1. The van der Waals surface area contributed by atoms with E-state index in [9.17, 15) is 9.59 Å². The van der Waals surface area contributed by atoms with E-state index in [1.807, 2.05) is 0 Å². The number of aromatic amines is 1. The van der Waals surface area contributed by atoms with E-state index in [0.717, 1.165) is 12.8 Å². The first-order valence-corrected chi connectivity index (χ1v) is 6.98. The third-order valence-corrected chi connectivity index (χ3v) is 3.46. The Morgan fingerprint density at radius 2 is 2.10 bits per heavy atom. The smallest absolute Gasteiger partial charge is 0.303 e. The molecule has 9 nitrogen and oxygen atoms in total. The maximum absolute atomic E-state index is 11.9. The minimum atomic E-state index is -0.864. The molecule has 0 saturated carbocycles. The Morgan fingerprint density at radius 1 is 1.38 bits per heavy atom. The molecule has 0 radical (unpaired) electrons. The van der Waals surface area contributed by atoms with Crippen molar-refractivity contribution in [3.05, 3.63) is 0 Å². The Kier molecular flexibility index (Phi) is 4.96. The minimum absolute atomic E-state index is 0.0249. The van der Waals surface area contributed by atoms with Gasteiger partial charge in [0.2, 0.25) is 17.8 Å². The van der Waals surface area contributed by atoms with E-state index in [0.29, 0.717) is 31.9 Å². The second kappa shape index (κ2) is 6.91. The van der Waals surface area contributed by atoms with Gasteiger partial charge in [0.1, 0.15) is 0 Å². The van der Waals surface area contributed by atoms with Crippen LogP contribution >= 0.6 is 0 Å². The van der Waals surface area contributed by atoms with Crippen molar-refractivity contribution in [3.63, 3.8) is 0 Å². The molecule has 1 aliphatic rings. The number of rotatable bonds is 6. The molecule has 1 fully saturated rings. The summed E-state index contributed by atoms with van der Waals surface area (Å²) in [5.41, 5.74) is 5.45. The average Bonchev–Trinajstić information content (AvgIpc) is 2.84. The summed E-state index contributed by atoms with van der Waals surface area (Å²) in [4.78, 5) is 28.1. The number of aromatic nitrogens is 3. The fourth-order valence-corrected chi connectivity index (χ4v) is 2.34. The first-order chi connectivity index (χ1) is 10.0. The molecule has 0 aliphatic carbocycles. The lowest BCUT2D eigenvalue weighted by Crippen LogP contribution is -2.42. The molecule has 1 aliphatic heterocycles. The van der Waals surface area contributed by atoms with Crippen molar-refractivity contribution in [2.45, 2.75) is 38.1 Å². The summed E-state index contributed by atoms with van der Waals surface area (Å²) in [6.45, 7) is 1.31. The number of nitrogen functional groups attached to an aromatic ring is 1. The zero-order valence-electron chi connectivity index (χ0n) is 11.7. The Labute approximate surface area is 121 Å². The maximum Gasteiger partial charge on any atom is 0.303 e. The van der Waals surface area contributed by atoms with E-state index in [-0.39, 0.29) is 24.3 Å². The van der Waals surface area contributed by atoms with Crippen LogP contribution in [-0.2, 0) is 9.59 Å².